The van der Waals surface area contributed by atoms with Crippen LogP contribution in [0.5, 0.6) is 11.5 Å². The van der Waals surface area contributed by atoms with Gasteiger partial charge in [0.25, 0.3) is 0 Å². The number of hydrogen-bond donors (Lipinski definition) is 0. The molecule has 0 unspecified atom stereocenters. The van der Waals surface area contributed by atoms with Crippen LogP contribution in [0.4, 0.5) is 0 Å². The highest BCUT2D eigenvalue weighted by Gasteiger charge is 2.11. The molecule has 0 fully saturated rings. The second kappa shape index (κ2) is 6.17. The van der Waals surface area contributed by atoms with E-state index in [9.17, 15) is 0 Å². The highest BCUT2D eigenvalue weighted by molar-refractivity contribution is 7.98. The normalized spacial score (nSPS) is 14.1. The number of hydrogen-bond acceptors (Lipinski definition) is 6. The fourth-order valence-corrected chi connectivity index (χ4v) is 2.63. The summed E-state index contributed by atoms with van der Waals surface area (Å²) in [5, 5.41) is 7.97. The highest BCUT2D eigenvalue weighted by atomic mass is 32.2. The Hall–Kier alpha value is -1.69. The van der Waals surface area contributed by atoms with Crippen LogP contribution in [0.25, 0.3) is 0 Å². The molecule has 1 aromatic heterocycles. The molecule has 0 bridgehead atoms. The Bertz CT molecular complexity index is 586. The van der Waals surface area contributed by atoms with Crippen molar-refractivity contribution >= 4 is 11.8 Å². The van der Waals surface area contributed by atoms with Crippen molar-refractivity contribution in [3.63, 3.8) is 0 Å². The Labute approximate surface area is 121 Å². The third-order valence-electron chi connectivity index (χ3n) is 2.89. The van der Waals surface area contributed by atoms with Crippen LogP contribution in [0.1, 0.15) is 25.1 Å². The second-order valence-electron chi connectivity index (χ2n) is 4.39. The fourth-order valence-electron chi connectivity index (χ4n) is 1.87. The Morgan fingerprint density at radius 2 is 1.90 bits per heavy atom. The van der Waals surface area contributed by atoms with Crippen molar-refractivity contribution < 1.29 is 13.9 Å². The van der Waals surface area contributed by atoms with Gasteiger partial charge in [-0.25, -0.2) is 0 Å². The van der Waals surface area contributed by atoms with Crippen LogP contribution in [-0.4, -0.2) is 23.4 Å². The summed E-state index contributed by atoms with van der Waals surface area (Å²) in [7, 11) is 0. The molecular formula is C14H16N2O3S. The lowest BCUT2D eigenvalue weighted by Crippen LogP contribution is -1.97. The Morgan fingerprint density at radius 3 is 2.70 bits per heavy atom. The number of aryl methyl sites for hydroxylation is 1. The van der Waals surface area contributed by atoms with Crippen molar-refractivity contribution in [1.82, 2.24) is 10.2 Å². The molecule has 0 saturated heterocycles. The van der Waals surface area contributed by atoms with Crippen molar-refractivity contribution in [2.45, 2.75) is 30.4 Å². The lowest BCUT2D eigenvalue weighted by atomic mass is 10.3. The molecule has 0 amide bonds. The van der Waals surface area contributed by atoms with E-state index in [2.05, 4.69) is 10.2 Å². The van der Waals surface area contributed by atoms with Gasteiger partial charge in [0.15, 0.2) is 11.5 Å². The van der Waals surface area contributed by atoms with Gasteiger partial charge in [-0.3, -0.25) is 0 Å². The number of fused-ring (bicyclic) bond motifs is 1. The van der Waals surface area contributed by atoms with Crippen molar-refractivity contribution in [3.05, 3.63) is 30.0 Å². The molecule has 2 aromatic rings. The first-order valence-corrected chi connectivity index (χ1v) is 7.67. The zero-order valence-electron chi connectivity index (χ0n) is 11.3. The predicted octanol–water partition coefficient (Wildman–Crippen LogP) is 3.09. The summed E-state index contributed by atoms with van der Waals surface area (Å²) < 4.78 is 16.8. The zero-order valence-corrected chi connectivity index (χ0v) is 12.1. The van der Waals surface area contributed by atoms with Gasteiger partial charge >= 0.3 is 0 Å². The number of benzene rings is 1. The molecule has 6 heteroatoms. The summed E-state index contributed by atoms with van der Waals surface area (Å²) in [6.45, 7) is 3.40. The van der Waals surface area contributed by atoms with E-state index in [-0.39, 0.29) is 0 Å². The average Bonchev–Trinajstić information content (AvgIpc) is 2.82. The molecule has 2 heterocycles. The molecule has 20 heavy (non-hydrogen) atoms. The summed E-state index contributed by atoms with van der Waals surface area (Å²) in [5.74, 6) is 3.62. The van der Waals surface area contributed by atoms with E-state index in [1.54, 1.807) is 11.8 Å². The molecule has 1 aliphatic heterocycles. The van der Waals surface area contributed by atoms with Crippen LogP contribution in [0.15, 0.2) is 27.5 Å². The first-order chi connectivity index (χ1) is 9.85. The van der Waals surface area contributed by atoms with E-state index < -0.39 is 0 Å². The summed E-state index contributed by atoms with van der Waals surface area (Å²) in [4.78, 5) is 1.10. The molecule has 0 N–H and O–H groups in total. The third-order valence-corrected chi connectivity index (χ3v) is 3.87. The number of rotatable bonds is 4. The van der Waals surface area contributed by atoms with E-state index in [4.69, 9.17) is 13.9 Å². The number of aromatic nitrogens is 2. The molecule has 1 aliphatic rings. The fraction of sp³-hybridized carbons (Fsp3) is 0.429. The minimum absolute atomic E-state index is 0.652. The van der Waals surface area contributed by atoms with Gasteiger partial charge in [-0.2, -0.15) is 0 Å². The quantitative estimate of drug-likeness (QED) is 0.807. The van der Waals surface area contributed by atoms with Crippen LogP contribution < -0.4 is 9.47 Å². The van der Waals surface area contributed by atoms with Crippen LogP contribution in [0, 0.1) is 0 Å². The van der Waals surface area contributed by atoms with E-state index in [1.165, 1.54) is 0 Å². The standard InChI is InChI=1S/C14H16N2O3S/c1-2-13-15-16-14(19-13)9-20-10-4-5-11-12(8-10)18-7-3-6-17-11/h4-5,8H,2-3,6-7,9H2,1H3. The minimum atomic E-state index is 0.652. The van der Waals surface area contributed by atoms with Crippen molar-refractivity contribution in [2.24, 2.45) is 0 Å². The largest absolute Gasteiger partial charge is 0.490 e. The van der Waals surface area contributed by atoms with Gasteiger partial charge in [0.1, 0.15) is 0 Å². The zero-order chi connectivity index (χ0) is 13.8. The molecular weight excluding hydrogens is 276 g/mol. The Morgan fingerprint density at radius 1 is 1.10 bits per heavy atom. The van der Waals surface area contributed by atoms with Crippen molar-refractivity contribution in [3.8, 4) is 11.5 Å². The Balaban J connectivity index is 1.67. The van der Waals surface area contributed by atoms with Crippen molar-refractivity contribution in [1.29, 1.82) is 0 Å². The maximum absolute atomic E-state index is 5.67. The van der Waals surface area contributed by atoms with Crippen LogP contribution in [-0.2, 0) is 12.2 Å². The van der Waals surface area contributed by atoms with Crippen LogP contribution in [0.2, 0.25) is 0 Å². The lowest BCUT2D eigenvalue weighted by molar-refractivity contribution is 0.297. The van der Waals surface area contributed by atoms with Crippen LogP contribution in [0.3, 0.4) is 0 Å². The first kappa shape index (κ1) is 13.3. The van der Waals surface area contributed by atoms with Crippen LogP contribution >= 0.6 is 11.8 Å². The molecule has 5 nitrogen and oxygen atoms in total. The highest BCUT2D eigenvalue weighted by Crippen LogP contribution is 2.34. The minimum Gasteiger partial charge on any atom is -0.490 e. The summed E-state index contributed by atoms with van der Waals surface area (Å²) >= 11 is 1.65. The molecule has 0 spiro atoms. The SMILES string of the molecule is CCc1nnc(CSc2ccc3c(c2)OCCCO3)o1. The van der Waals surface area contributed by atoms with E-state index in [0.717, 1.165) is 29.2 Å². The van der Waals surface area contributed by atoms with Gasteiger partial charge in [0, 0.05) is 17.7 Å². The molecule has 3 rings (SSSR count). The summed E-state index contributed by atoms with van der Waals surface area (Å²) in [6, 6.07) is 5.98. The molecule has 1 aromatic carbocycles. The third kappa shape index (κ3) is 3.07. The molecule has 0 aliphatic carbocycles. The van der Waals surface area contributed by atoms with Crippen molar-refractivity contribution in [2.75, 3.05) is 13.2 Å². The smallest absolute Gasteiger partial charge is 0.226 e. The number of nitrogens with zero attached hydrogens (tertiary/aromatic N) is 2. The van der Waals surface area contributed by atoms with Gasteiger partial charge in [-0.1, -0.05) is 6.92 Å². The van der Waals surface area contributed by atoms with Gasteiger partial charge in [-0.05, 0) is 18.2 Å². The Kier molecular flexibility index (Phi) is 4.11. The lowest BCUT2D eigenvalue weighted by Gasteiger charge is -2.08. The van der Waals surface area contributed by atoms with Gasteiger partial charge in [0.05, 0.1) is 19.0 Å². The topological polar surface area (TPSA) is 57.4 Å². The first-order valence-electron chi connectivity index (χ1n) is 6.69. The molecule has 106 valence electrons. The summed E-state index contributed by atoms with van der Waals surface area (Å²) in [6.07, 6.45) is 1.68. The molecule has 0 atom stereocenters. The monoisotopic (exact) mass is 292 g/mol. The maximum atomic E-state index is 5.67. The van der Waals surface area contributed by atoms with Gasteiger partial charge < -0.3 is 13.9 Å². The van der Waals surface area contributed by atoms with Gasteiger partial charge in [-0.15, -0.1) is 22.0 Å². The van der Waals surface area contributed by atoms with E-state index >= 15 is 0 Å². The average molecular weight is 292 g/mol. The maximum Gasteiger partial charge on any atom is 0.226 e. The van der Waals surface area contributed by atoms with Gasteiger partial charge in [0.2, 0.25) is 11.8 Å². The predicted molar refractivity (Wildman–Crippen MR) is 75.3 cm³/mol. The van der Waals surface area contributed by atoms with E-state index in [0.29, 0.717) is 30.7 Å². The number of ether oxygens (including phenoxy) is 2. The molecule has 0 saturated carbocycles. The summed E-state index contributed by atoms with van der Waals surface area (Å²) in [5.41, 5.74) is 0. The second-order valence-corrected chi connectivity index (χ2v) is 5.44. The number of thioether (sulfide) groups is 1. The van der Waals surface area contributed by atoms with E-state index in [1.807, 2.05) is 25.1 Å². The molecule has 0 radical (unpaired) electrons.